The molecule has 0 spiro atoms. The molecule has 1 aromatic rings. The fourth-order valence-corrected chi connectivity index (χ4v) is 3.37. The summed E-state index contributed by atoms with van der Waals surface area (Å²) < 4.78 is 0. The quantitative estimate of drug-likeness (QED) is 0.842. The molecule has 1 fully saturated rings. The largest absolute Gasteiger partial charge is 0.342 e. The smallest absolute Gasteiger partial charge is 0.289 e. The standard InChI is InChI=1S/C15H17N5OS/c1-10-3-2-4-20(8-10)13(21)9-22-15-12(7-17)5-11(6-16)14(18)19-15/h5,10H,2-4,8-9H2,1H3,(H2,18,19)/p+1/t10-/m1/s1. The fraction of sp³-hybridized carbons (Fsp3) is 0.467. The van der Waals surface area contributed by atoms with E-state index < -0.39 is 0 Å². The lowest BCUT2D eigenvalue weighted by molar-refractivity contribution is -0.410. The number of nitriles is 2. The molecule has 0 aromatic carbocycles. The van der Waals surface area contributed by atoms with Crippen molar-refractivity contribution in [3.8, 4) is 12.1 Å². The number of nitrogens with zero attached hydrogens (tertiary/aromatic N) is 3. The summed E-state index contributed by atoms with van der Waals surface area (Å²) in [6.07, 6.45) is 2.20. The minimum atomic E-state index is 0.0665. The number of aromatic nitrogens is 1. The highest BCUT2D eigenvalue weighted by Gasteiger charge is 2.22. The highest BCUT2D eigenvalue weighted by Crippen LogP contribution is 2.22. The maximum absolute atomic E-state index is 12.2. The molecule has 1 aliphatic heterocycles. The Hall–Kier alpha value is -2.25. The molecule has 1 amide bonds. The Balaban J connectivity index is 2.05. The number of hydrogen-bond donors (Lipinski definition) is 1. The van der Waals surface area contributed by atoms with Gasteiger partial charge in [-0.1, -0.05) is 18.7 Å². The molecule has 22 heavy (non-hydrogen) atoms. The Labute approximate surface area is 133 Å². The number of likely N-dealkylation sites (tertiary alicyclic amines) is 1. The second-order valence-corrected chi connectivity index (χ2v) is 6.42. The molecule has 0 aliphatic carbocycles. The topological polar surface area (TPSA) is 108 Å². The van der Waals surface area contributed by atoms with Gasteiger partial charge in [0.25, 0.3) is 5.82 Å². The second kappa shape index (κ2) is 7.15. The number of nitrogens with one attached hydrogen (secondary N) is 1. The molecule has 1 atom stereocenters. The number of rotatable bonds is 3. The summed E-state index contributed by atoms with van der Waals surface area (Å²) in [4.78, 5) is 17.0. The first kappa shape index (κ1) is 16.1. The van der Waals surface area contributed by atoms with E-state index in [1.165, 1.54) is 17.8 Å². The summed E-state index contributed by atoms with van der Waals surface area (Å²) in [5.41, 5.74) is 6.29. The summed E-state index contributed by atoms with van der Waals surface area (Å²) >= 11 is 1.25. The lowest BCUT2D eigenvalue weighted by Crippen LogP contribution is -2.40. The highest BCUT2D eigenvalue weighted by atomic mass is 32.2. The van der Waals surface area contributed by atoms with Crippen LogP contribution >= 0.6 is 11.8 Å². The zero-order chi connectivity index (χ0) is 16.1. The molecule has 1 saturated heterocycles. The SMILES string of the molecule is C[C@@H]1CCCN(C(=O)CSc2[nH+]c(N)c(C#N)cc2C#N)C1. The van der Waals surface area contributed by atoms with E-state index in [4.69, 9.17) is 16.3 Å². The van der Waals surface area contributed by atoms with Gasteiger partial charge in [0.1, 0.15) is 23.3 Å². The van der Waals surface area contributed by atoms with Crippen LogP contribution in [-0.2, 0) is 4.79 Å². The number of aromatic amines is 1. The van der Waals surface area contributed by atoms with Gasteiger partial charge in [-0.3, -0.25) is 10.5 Å². The number of thioether (sulfide) groups is 1. The summed E-state index contributed by atoms with van der Waals surface area (Å²) in [6.45, 7) is 3.74. The van der Waals surface area contributed by atoms with Gasteiger partial charge in [-0.25, -0.2) is 4.98 Å². The van der Waals surface area contributed by atoms with Gasteiger partial charge in [-0.2, -0.15) is 10.5 Å². The van der Waals surface area contributed by atoms with Gasteiger partial charge in [-0.05, 0) is 24.8 Å². The number of nitrogens with two attached hydrogens (primary N) is 1. The Morgan fingerprint density at radius 3 is 2.86 bits per heavy atom. The average molecular weight is 316 g/mol. The highest BCUT2D eigenvalue weighted by molar-refractivity contribution is 7.99. The minimum absolute atomic E-state index is 0.0665. The molecular formula is C15H18N5OS+. The van der Waals surface area contributed by atoms with Crippen LogP contribution in [0.5, 0.6) is 0 Å². The van der Waals surface area contributed by atoms with Crippen molar-refractivity contribution < 1.29 is 9.78 Å². The predicted octanol–water partition coefficient (Wildman–Crippen LogP) is 1.18. The molecule has 7 heteroatoms. The van der Waals surface area contributed by atoms with E-state index in [9.17, 15) is 4.79 Å². The number of hydrogen-bond acceptors (Lipinski definition) is 5. The van der Waals surface area contributed by atoms with Crippen LogP contribution in [0.1, 0.15) is 30.9 Å². The third-order valence-corrected chi connectivity index (χ3v) is 4.66. The van der Waals surface area contributed by atoms with Crippen LogP contribution in [0.15, 0.2) is 11.1 Å². The number of pyridine rings is 1. The fourth-order valence-electron chi connectivity index (χ4n) is 2.48. The average Bonchev–Trinajstić information content (AvgIpc) is 2.52. The maximum Gasteiger partial charge on any atom is 0.289 e. The van der Waals surface area contributed by atoms with Crippen molar-refractivity contribution in [2.24, 2.45) is 5.92 Å². The monoisotopic (exact) mass is 316 g/mol. The van der Waals surface area contributed by atoms with E-state index in [1.807, 2.05) is 17.0 Å². The zero-order valence-electron chi connectivity index (χ0n) is 12.4. The van der Waals surface area contributed by atoms with Crippen molar-refractivity contribution in [3.63, 3.8) is 0 Å². The van der Waals surface area contributed by atoms with Crippen LogP contribution in [0.3, 0.4) is 0 Å². The normalized spacial score (nSPS) is 17.6. The molecule has 2 rings (SSSR count). The van der Waals surface area contributed by atoms with Crippen molar-refractivity contribution in [3.05, 3.63) is 17.2 Å². The Morgan fingerprint density at radius 2 is 2.23 bits per heavy atom. The summed E-state index contributed by atoms with van der Waals surface area (Å²) in [7, 11) is 0. The predicted molar refractivity (Wildman–Crippen MR) is 82.5 cm³/mol. The van der Waals surface area contributed by atoms with Crippen LogP contribution in [-0.4, -0.2) is 29.6 Å². The second-order valence-electron chi connectivity index (χ2n) is 5.44. The maximum atomic E-state index is 12.2. The Bertz CT molecular complexity index is 661. The van der Waals surface area contributed by atoms with Crippen molar-refractivity contribution >= 4 is 23.5 Å². The summed E-state index contributed by atoms with van der Waals surface area (Å²) in [5, 5.41) is 18.6. The van der Waals surface area contributed by atoms with E-state index in [-0.39, 0.29) is 23.0 Å². The van der Waals surface area contributed by atoms with Crippen molar-refractivity contribution in [2.75, 3.05) is 24.6 Å². The van der Waals surface area contributed by atoms with E-state index in [0.29, 0.717) is 16.5 Å². The third-order valence-electron chi connectivity index (χ3n) is 3.66. The minimum Gasteiger partial charge on any atom is -0.342 e. The molecule has 0 unspecified atom stereocenters. The van der Waals surface area contributed by atoms with Crippen LogP contribution < -0.4 is 10.7 Å². The van der Waals surface area contributed by atoms with Crippen molar-refractivity contribution in [1.29, 1.82) is 10.5 Å². The van der Waals surface area contributed by atoms with Gasteiger partial charge >= 0.3 is 0 Å². The van der Waals surface area contributed by atoms with E-state index in [2.05, 4.69) is 11.9 Å². The van der Waals surface area contributed by atoms with Gasteiger partial charge < -0.3 is 4.90 Å². The van der Waals surface area contributed by atoms with E-state index in [1.54, 1.807) is 0 Å². The molecule has 0 radical (unpaired) electrons. The first-order valence-corrected chi connectivity index (χ1v) is 8.10. The van der Waals surface area contributed by atoms with Gasteiger partial charge in [0, 0.05) is 13.1 Å². The first-order valence-electron chi connectivity index (χ1n) is 7.11. The first-order chi connectivity index (χ1) is 10.5. The number of carbonyl (C=O) groups is 1. The molecule has 2 heterocycles. The molecule has 114 valence electrons. The van der Waals surface area contributed by atoms with Crippen LogP contribution in [0, 0.1) is 28.6 Å². The number of carbonyl (C=O) groups excluding carboxylic acids is 1. The summed E-state index contributed by atoms with van der Waals surface area (Å²) in [6, 6.07) is 5.40. The molecule has 6 nitrogen and oxygen atoms in total. The van der Waals surface area contributed by atoms with Crippen LogP contribution in [0.4, 0.5) is 5.82 Å². The Morgan fingerprint density at radius 1 is 1.50 bits per heavy atom. The van der Waals surface area contributed by atoms with Gasteiger partial charge in [-0.15, -0.1) is 0 Å². The van der Waals surface area contributed by atoms with Gasteiger partial charge in [0.05, 0.1) is 5.75 Å². The lowest BCUT2D eigenvalue weighted by Gasteiger charge is -2.30. The Kier molecular flexibility index (Phi) is 5.24. The van der Waals surface area contributed by atoms with Crippen LogP contribution in [0.25, 0.3) is 0 Å². The number of amides is 1. The lowest BCUT2D eigenvalue weighted by atomic mass is 10.0. The number of H-pyrrole nitrogens is 1. The zero-order valence-corrected chi connectivity index (χ0v) is 13.2. The third kappa shape index (κ3) is 3.69. The molecule has 1 aromatic heterocycles. The number of piperidine rings is 1. The van der Waals surface area contributed by atoms with Crippen LogP contribution in [0.2, 0.25) is 0 Å². The molecular weight excluding hydrogens is 298 g/mol. The van der Waals surface area contributed by atoms with Gasteiger partial charge in [0.15, 0.2) is 5.03 Å². The van der Waals surface area contributed by atoms with Gasteiger partial charge in [0.2, 0.25) is 5.91 Å². The van der Waals surface area contributed by atoms with E-state index in [0.717, 1.165) is 25.9 Å². The molecule has 3 N–H and O–H groups in total. The molecule has 1 aliphatic rings. The molecule has 0 saturated carbocycles. The number of anilines is 1. The molecule has 0 bridgehead atoms. The summed E-state index contributed by atoms with van der Waals surface area (Å²) in [5.74, 6) is 1.07. The van der Waals surface area contributed by atoms with Crippen molar-refractivity contribution in [1.82, 2.24) is 4.90 Å². The number of nitrogen functional groups attached to an aromatic ring is 1. The van der Waals surface area contributed by atoms with Crippen molar-refractivity contribution in [2.45, 2.75) is 24.8 Å². The van der Waals surface area contributed by atoms with E-state index >= 15 is 0 Å².